The number of nitrogens with zero attached hydrogens (tertiary/aromatic N) is 4. The Morgan fingerprint density at radius 3 is 2.55 bits per heavy atom. The maximum atomic E-state index is 12.5. The summed E-state index contributed by atoms with van der Waals surface area (Å²) in [6, 6.07) is 15.5. The number of thioether (sulfide) groups is 1. The predicted octanol–water partition coefficient (Wildman–Crippen LogP) is 4.87. The molecule has 0 saturated heterocycles. The van der Waals surface area contributed by atoms with Gasteiger partial charge in [-0.25, -0.2) is 4.68 Å². The van der Waals surface area contributed by atoms with Crippen molar-refractivity contribution >= 4 is 23.4 Å². The van der Waals surface area contributed by atoms with Gasteiger partial charge in [-0.3, -0.25) is 4.79 Å². The van der Waals surface area contributed by atoms with Crippen LogP contribution in [-0.4, -0.2) is 38.2 Å². The van der Waals surface area contributed by atoms with Crippen molar-refractivity contribution in [2.45, 2.75) is 25.7 Å². The van der Waals surface area contributed by atoms with Crippen molar-refractivity contribution in [2.24, 2.45) is 0 Å². The van der Waals surface area contributed by atoms with E-state index in [9.17, 15) is 13.6 Å². The van der Waals surface area contributed by atoms with Gasteiger partial charge in [0.15, 0.2) is 0 Å². The molecule has 0 aliphatic heterocycles. The SMILES string of the molecule is Cc1nn(-c2ccccc2)c(C)c1NC(=O)CSc1nnc(-c2ccc(OC(F)F)cc2)o1. The molecule has 0 radical (unpaired) electrons. The molecule has 0 fully saturated rings. The number of anilines is 1. The van der Waals surface area contributed by atoms with E-state index >= 15 is 0 Å². The van der Waals surface area contributed by atoms with Crippen LogP contribution in [0.4, 0.5) is 14.5 Å². The van der Waals surface area contributed by atoms with Crippen LogP contribution in [0.25, 0.3) is 17.1 Å². The first kappa shape index (κ1) is 22.5. The van der Waals surface area contributed by atoms with Crippen LogP contribution in [0.1, 0.15) is 11.4 Å². The number of carbonyl (C=O) groups excluding carboxylic acids is 1. The van der Waals surface area contributed by atoms with Crippen molar-refractivity contribution in [3.8, 4) is 22.9 Å². The normalized spacial score (nSPS) is 11.1. The number of hydrogen-bond acceptors (Lipinski definition) is 7. The molecule has 2 aromatic carbocycles. The molecule has 0 spiro atoms. The van der Waals surface area contributed by atoms with E-state index in [0.717, 1.165) is 23.1 Å². The molecule has 2 aromatic heterocycles. The zero-order valence-electron chi connectivity index (χ0n) is 17.7. The van der Waals surface area contributed by atoms with E-state index in [0.29, 0.717) is 16.9 Å². The molecule has 33 heavy (non-hydrogen) atoms. The fraction of sp³-hybridized carbons (Fsp3) is 0.182. The summed E-state index contributed by atoms with van der Waals surface area (Å²) >= 11 is 1.09. The second-order valence-electron chi connectivity index (χ2n) is 6.91. The molecule has 170 valence electrons. The summed E-state index contributed by atoms with van der Waals surface area (Å²) in [6.45, 7) is 0.822. The van der Waals surface area contributed by atoms with Gasteiger partial charge >= 0.3 is 6.61 Å². The molecule has 8 nitrogen and oxygen atoms in total. The van der Waals surface area contributed by atoms with Gasteiger partial charge in [0.05, 0.1) is 28.5 Å². The Balaban J connectivity index is 1.37. The van der Waals surface area contributed by atoms with E-state index in [1.807, 2.05) is 44.2 Å². The average molecular weight is 471 g/mol. The number of amides is 1. The summed E-state index contributed by atoms with van der Waals surface area (Å²) in [5, 5.41) is 15.5. The van der Waals surface area contributed by atoms with Crippen LogP contribution in [0.2, 0.25) is 0 Å². The number of benzene rings is 2. The highest BCUT2D eigenvalue weighted by molar-refractivity contribution is 7.99. The van der Waals surface area contributed by atoms with Gasteiger partial charge in [0, 0.05) is 5.56 Å². The Bertz CT molecular complexity index is 1240. The third-order valence-electron chi connectivity index (χ3n) is 4.62. The van der Waals surface area contributed by atoms with E-state index in [-0.39, 0.29) is 28.5 Å². The third-order valence-corrected chi connectivity index (χ3v) is 5.43. The molecular weight excluding hydrogens is 452 g/mol. The number of carbonyl (C=O) groups is 1. The topological polar surface area (TPSA) is 95.1 Å². The molecule has 11 heteroatoms. The third kappa shape index (κ3) is 5.37. The molecule has 0 bridgehead atoms. The minimum atomic E-state index is -2.89. The molecule has 1 N–H and O–H groups in total. The lowest BCUT2D eigenvalue weighted by Gasteiger charge is -2.06. The standard InChI is InChI=1S/C22H19F2N5O3S/c1-13-19(14(2)29(28-13)16-6-4-3-5-7-16)25-18(30)12-33-22-27-26-20(32-22)15-8-10-17(11-9-15)31-21(23)24/h3-11,21H,12H2,1-2H3,(H,25,30). The Morgan fingerprint density at radius 2 is 1.85 bits per heavy atom. The molecule has 4 rings (SSSR count). The van der Waals surface area contributed by atoms with Crippen molar-refractivity contribution in [2.75, 3.05) is 11.1 Å². The Kier molecular flexibility index (Phi) is 6.68. The molecule has 1 amide bonds. The van der Waals surface area contributed by atoms with Gasteiger partial charge in [0.25, 0.3) is 5.22 Å². The smallest absolute Gasteiger partial charge is 0.387 e. The van der Waals surface area contributed by atoms with E-state index in [2.05, 4.69) is 25.3 Å². The number of alkyl halides is 2. The van der Waals surface area contributed by atoms with E-state index in [4.69, 9.17) is 4.42 Å². The number of rotatable bonds is 8. The number of hydrogen-bond donors (Lipinski definition) is 1. The second kappa shape index (κ2) is 9.82. The molecule has 0 aliphatic rings. The lowest BCUT2D eigenvalue weighted by atomic mass is 10.2. The largest absolute Gasteiger partial charge is 0.435 e. The summed E-state index contributed by atoms with van der Waals surface area (Å²) in [7, 11) is 0. The maximum absolute atomic E-state index is 12.5. The number of ether oxygens (including phenoxy) is 1. The highest BCUT2D eigenvalue weighted by Gasteiger charge is 2.17. The van der Waals surface area contributed by atoms with Crippen molar-refractivity contribution in [3.63, 3.8) is 0 Å². The summed E-state index contributed by atoms with van der Waals surface area (Å²) in [5.74, 6) is 0.0446. The first-order valence-corrected chi connectivity index (χ1v) is 10.8. The molecule has 0 unspecified atom stereocenters. The lowest BCUT2D eigenvalue weighted by Crippen LogP contribution is -2.15. The van der Waals surface area contributed by atoms with Crippen LogP contribution in [0.15, 0.2) is 64.2 Å². The van der Waals surface area contributed by atoms with Gasteiger partial charge in [-0.05, 0) is 50.2 Å². The summed E-state index contributed by atoms with van der Waals surface area (Å²) in [4.78, 5) is 12.5. The van der Waals surface area contributed by atoms with Gasteiger partial charge in [0.1, 0.15) is 5.75 Å². The summed E-state index contributed by atoms with van der Waals surface area (Å²) in [5.41, 5.74) is 3.62. The Hall–Kier alpha value is -3.73. The Morgan fingerprint density at radius 1 is 1.12 bits per heavy atom. The number of para-hydroxylation sites is 1. The van der Waals surface area contributed by atoms with E-state index < -0.39 is 6.61 Å². The highest BCUT2D eigenvalue weighted by Crippen LogP contribution is 2.26. The fourth-order valence-corrected chi connectivity index (χ4v) is 3.67. The van der Waals surface area contributed by atoms with Gasteiger partial charge in [-0.15, -0.1) is 10.2 Å². The van der Waals surface area contributed by atoms with Crippen LogP contribution in [0, 0.1) is 13.8 Å². The first-order chi connectivity index (χ1) is 15.9. The van der Waals surface area contributed by atoms with Crippen molar-refractivity contribution < 1.29 is 22.7 Å². The molecule has 2 heterocycles. The summed E-state index contributed by atoms with van der Waals surface area (Å²) in [6.07, 6.45) is 0. The number of aromatic nitrogens is 4. The van der Waals surface area contributed by atoms with Gasteiger partial charge in [0.2, 0.25) is 11.8 Å². The first-order valence-electron chi connectivity index (χ1n) is 9.84. The fourth-order valence-electron chi connectivity index (χ4n) is 3.11. The van der Waals surface area contributed by atoms with Gasteiger partial charge in [-0.1, -0.05) is 30.0 Å². The number of halogens is 2. The zero-order valence-corrected chi connectivity index (χ0v) is 18.5. The molecule has 0 aliphatic carbocycles. The van der Waals surface area contributed by atoms with E-state index in [1.54, 1.807) is 4.68 Å². The predicted molar refractivity (Wildman–Crippen MR) is 119 cm³/mol. The minimum Gasteiger partial charge on any atom is -0.435 e. The van der Waals surface area contributed by atoms with Crippen LogP contribution in [-0.2, 0) is 4.79 Å². The van der Waals surface area contributed by atoms with Gasteiger partial charge < -0.3 is 14.5 Å². The number of aryl methyl sites for hydroxylation is 1. The van der Waals surface area contributed by atoms with Crippen LogP contribution >= 0.6 is 11.8 Å². The Labute approximate surface area is 192 Å². The maximum Gasteiger partial charge on any atom is 0.387 e. The summed E-state index contributed by atoms with van der Waals surface area (Å²) < 4.78 is 36.2. The average Bonchev–Trinajstić information content (AvgIpc) is 3.39. The van der Waals surface area contributed by atoms with Crippen LogP contribution < -0.4 is 10.1 Å². The van der Waals surface area contributed by atoms with Crippen molar-refractivity contribution in [3.05, 3.63) is 66.0 Å². The van der Waals surface area contributed by atoms with Crippen molar-refractivity contribution in [1.29, 1.82) is 0 Å². The monoisotopic (exact) mass is 471 g/mol. The lowest BCUT2D eigenvalue weighted by molar-refractivity contribution is -0.113. The molecule has 0 saturated carbocycles. The molecular formula is C22H19F2N5O3S. The molecule has 0 atom stereocenters. The molecule has 4 aromatic rings. The van der Waals surface area contributed by atoms with Crippen molar-refractivity contribution in [1.82, 2.24) is 20.0 Å². The zero-order chi connectivity index (χ0) is 23.4. The van der Waals surface area contributed by atoms with Gasteiger partial charge in [-0.2, -0.15) is 13.9 Å². The van der Waals surface area contributed by atoms with Crippen LogP contribution in [0.5, 0.6) is 5.75 Å². The number of nitrogens with one attached hydrogen (secondary N) is 1. The highest BCUT2D eigenvalue weighted by atomic mass is 32.2. The van der Waals surface area contributed by atoms with Crippen LogP contribution in [0.3, 0.4) is 0 Å². The van der Waals surface area contributed by atoms with E-state index in [1.165, 1.54) is 24.3 Å². The quantitative estimate of drug-likeness (QED) is 0.366. The minimum absolute atomic E-state index is 0.0284. The second-order valence-corrected chi connectivity index (χ2v) is 7.83.